The lowest BCUT2D eigenvalue weighted by Crippen LogP contribution is -2.27. The Kier molecular flexibility index (Phi) is 4.12. The molecule has 1 aromatic heterocycles. The fourth-order valence-corrected chi connectivity index (χ4v) is 2.17. The van der Waals surface area contributed by atoms with E-state index < -0.39 is 0 Å². The number of fused-ring (bicyclic) bond motifs is 1. The molecule has 20 heavy (non-hydrogen) atoms. The van der Waals surface area contributed by atoms with Crippen molar-refractivity contribution in [1.82, 2.24) is 9.78 Å². The predicted molar refractivity (Wildman–Crippen MR) is 74.7 cm³/mol. The van der Waals surface area contributed by atoms with E-state index in [2.05, 4.69) is 11.2 Å². The zero-order chi connectivity index (χ0) is 14.5. The molecule has 0 amide bonds. The molecule has 2 aromatic rings. The average Bonchev–Trinajstić information content (AvgIpc) is 2.48. The molecule has 1 aromatic carbocycles. The van der Waals surface area contributed by atoms with Gasteiger partial charge in [-0.15, -0.1) is 0 Å². The second-order valence-corrected chi connectivity index (χ2v) is 4.64. The van der Waals surface area contributed by atoms with Crippen LogP contribution in [0, 0.1) is 35.5 Å². The van der Waals surface area contributed by atoms with E-state index in [1.54, 1.807) is 6.07 Å². The Hall–Kier alpha value is -2.66. The van der Waals surface area contributed by atoms with Gasteiger partial charge in [-0.05, 0) is 19.4 Å². The number of aryl methyl sites for hydroxylation is 1. The van der Waals surface area contributed by atoms with Gasteiger partial charge in [0, 0.05) is 11.8 Å². The molecule has 0 radical (unpaired) electrons. The van der Waals surface area contributed by atoms with Crippen LogP contribution < -0.4 is 5.56 Å². The quantitative estimate of drug-likeness (QED) is 0.848. The lowest BCUT2D eigenvalue weighted by molar-refractivity contribution is 0.459. The fraction of sp³-hybridized carbons (Fsp3) is 0.333. The molecule has 0 aliphatic carbocycles. The van der Waals surface area contributed by atoms with Gasteiger partial charge in [-0.25, -0.2) is 4.68 Å². The molecule has 1 unspecified atom stereocenters. The maximum atomic E-state index is 12.3. The molecule has 100 valence electrons. The van der Waals surface area contributed by atoms with Crippen molar-refractivity contribution in [2.24, 2.45) is 5.92 Å². The van der Waals surface area contributed by atoms with E-state index in [-0.39, 0.29) is 18.0 Å². The van der Waals surface area contributed by atoms with E-state index in [9.17, 15) is 4.79 Å². The van der Waals surface area contributed by atoms with Gasteiger partial charge in [-0.3, -0.25) is 4.79 Å². The minimum atomic E-state index is -0.375. The first-order valence-electron chi connectivity index (χ1n) is 6.40. The smallest absolute Gasteiger partial charge is 0.267 e. The molecule has 5 heteroatoms. The molecule has 2 rings (SSSR count). The Morgan fingerprint density at radius 1 is 1.30 bits per heavy atom. The zero-order valence-electron chi connectivity index (χ0n) is 11.2. The van der Waals surface area contributed by atoms with Gasteiger partial charge in [0.05, 0.1) is 35.7 Å². The van der Waals surface area contributed by atoms with Crippen LogP contribution in [-0.2, 0) is 6.54 Å². The van der Waals surface area contributed by atoms with E-state index in [4.69, 9.17) is 10.5 Å². The van der Waals surface area contributed by atoms with Gasteiger partial charge in [0.25, 0.3) is 5.56 Å². The Morgan fingerprint density at radius 2 is 2.00 bits per heavy atom. The average molecular weight is 266 g/mol. The first-order chi connectivity index (χ1) is 9.67. The van der Waals surface area contributed by atoms with Crippen molar-refractivity contribution in [3.05, 3.63) is 40.3 Å². The number of hydrogen-bond donors (Lipinski definition) is 0. The van der Waals surface area contributed by atoms with E-state index in [0.717, 1.165) is 11.1 Å². The number of hydrogen-bond acceptors (Lipinski definition) is 4. The maximum absolute atomic E-state index is 12.3. The molecule has 5 nitrogen and oxygen atoms in total. The minimum absolute atomic E-state index is 0.191. The number of rotatable bonds is 4. The molecule has 0 aliphatic heterocycles. The topological polar surface area (TPSA) is 82.5 Å². The highest BCUT2D eigenvalue weighted by molar-refractivity contribution is 5.83. The third-order valence-electron chi connectivity index (χ3n) is 3.23. The first kappa shape index (κ1) is 13.8. The van der Waals surface area contributed by atoms with Crippen LogP contribution in [0.15, 0.2) is 29.1 Å². The number of aromatic nitrogens is 2. The van der Waals surface area contributed by atoms with Gasteiger partial charge < -0.3 is 0 Å². The summed E-state index contributed by atoms with van der Waals surface area (Å²) in [4.78, 5) is 12.3. The van der Waals surface area contributed by atoms with Crippen molar-refractivity contribution < 1.29 is 0 Å². The Morgan fingerprint density at radius 3 is 2.65 bits per heavy atom. The van der Waals surface area contributed by atoms with Crippen LogP contribution in [-0.4, -0.2) is 9.78 Å². The van der Waals surface area contributed by atoms with Crippen LogP contribution in [0.5, 0.6) is 0 Å². The largest absolute Gasteiger partial charge is 0.274 e. The Balaban J connectivity index is 2.41. The van der Waals surface area contributed by atoms with Crippen LogP contribution in [0.25, 0.3) is 10.8 Å². The third-order valence-corrected chi connectivity index (χ3v) is 3.23. The van der Waals surface area contributed by atoms with Crippen LogP contribution in [0.2, 0.25) is 0 Å². The molecule has 0 saturated carbocycles. The van der Waals surface area contributed by atoms with E-state index in [1.807, 2.05) is 31.2 Å². The molecular weight excluding hydrogens is 252 g/mol. The van der Waals surface area contributed by atoms with Crippen molar-refractivity contribution in [1.29, 1.82) is 10.5 Å². The van der Waals surface area contributed by atoms with E-state index >= 15 is 0 Å². The highest BCUT2D eigenvalue weighted by atomic mass is 16.1. The molecule has 0 fully saturated rings. The summed E-state index contributed by atoms with van der Waals surface area (Å²) in [6.45, 7) is 2.07. The summed E-state index contributed by atoms with van der Waals surface area (Å²) < 4.78 is 1.34. The van der Waals surface area contributed by atoms with Crippen molar-refractivity contribution in [2.75, 3.05) is 0 Å². The predicted octanol–water partition coefficient (Wildman–Crippen LogP) is 2.15. The molecule has 1 heterocycles. The van der Waals surface area contributed by atoms with Gasteiger partial charge in [-0.2, -0.15) is 15.6 Å². The highest BCUT2D eigenvalue weighted by Gasteiger charge is 2.13. The van der Waals surface area contributed by atoms with Crippen LogP contribution in [0.1, 0.15) is 18.5 Å². The van der Waals surface area contributed by atoms with Crippen molar-refractivity contribution in [2.45, 2.75) is 26.3 Å². The van der Waals surface area contributed by atoms with Crippen molar-refractivity contribution >= 4 is 10.8 Å². The van der Waals surface area contributed by atoms with Crippen LogP contribution in [0.4, 0.5) is 0 Å². The lowest BCUT2D eigenvalue weighted by Gasteiger charge is -2.11. The summed E-state index contributed by atoms with van der Waals surface area (Å²) in [5, 5.41) is 23.4. The molecule has 0 N–H and O–H groups in total. The normalized spacial score (nSPS) is 11.8. The second kappa shape index (κ2) is 5.99. The molecule has 1 atom stereocenters. The summed E-state index contributed by atoms with van der Waals surface area (Å²) >= 11 is 0. The summed E-state index contributed by atoms with van der Waals surface area (Å²) in [5.41, 5.74) is 0.570. The summed E-state index contributed by atoms with van der Waals surface area (Å²) in [5.74, 6) is -0.375. The second-order valence-electron chi connectivity index (χ2n) is 4.64. The van der Waals surface area contributed by atoms with Crippen LogP contribution in [0.3, 0.4) is 0 Å². The maximum Gasteiger partial charge on any atom is 0.274 e. The molecule has 0 spiro atoms. The van der Waals surface area contributed by atoms with Gasteiger partial charge in [0.2, 0.25) is 0 Å². The SMILES string of the molecule is Cc1nn(CC(C#N)CCC#N)c(=O)c2ccccc12. The molecular formula is C15H14N4O. The zero-order valence-corrected chi connectivity index (χ0v) is 11.2. The van der Waals surface area contributed by atoms with E-state index in [1.165, 1.54) is 4.68 Å². The van der Waals surface area contributed by atoms with Gasteiger partial charge >= 0.3 is 0 Å². The standard InChI is InChI=1S/C15H14N4O/c1-11-13-6-2-3-7-14(13)15(20)19(18-11)10-12(9-17)5-4-8-16/h2-3,6-7,12H,4-5,10H2,1H3. The number of nitriles is 2. The van der Waals surface area contributed by atoms with Crippen molar-refractivity contribution in [3.63, 3.8) is 0 Å². The van der Waals surface area contributed by atoms with Crippen LogP contribution >= 0.6 is 0 Å². The molecule has 0 aliphatic rings. The van der Waals surface area contributed by atoms with Gasteiger partial charge in [0.1, 0.15) is 0 Å². The fourth-order valence-electron chi connectivity index (χ4n) is 2.17. The summed E-state index contributed by atoms with van der Waals surface area (Å²) in [6, 6.07) is 11.4. The Bertz CT molecular complexity index is 764. The minimum Gasteiger partial charge on any atom is -0.267 e. The lowest BCUT2D eigenvalue weighted by atomic mass is 10.1. The molecule has 0 bridgehead atoms. The number of benzene rings is 1. The Labute approximate surface area is 116 Å². The van der Waals surface area contributed by atoms with Gasteiger partial charge in [-0.1, -0.05) is 18.2 Å². The first-order valence-corrected chi connectivity index (χ1v) is 6.40. The van der Waals surface area contributed by atoms with E-state index in [0.29, 0.717) is 18.2 Å². The third kappa shape index (κ3) is 2.67. The van der Waals surface area contributed by atoms with Crippen molar-refractivity contribution in [3.8, 4) is 12.1 Å². The summed E-state index contributed by atoms with van der Waals surface area (Å²) in [6.07, 6.45) is 0.756. The summed E-state index contributed by atoms with van der Waals surface area (Å²) in [7, 11) is 0. The monoisotopic (exact) mass is 266 g/mol. The van der Waals surface area contributed by atoms with Gasteiger partial charge in [0.15, 0.2) is 0 Å². The molecule has 0 saturated heterocycles. The number of nitrogens with zero attached hydrogens (tertiary/aromatic N) is 4. The highest BCUT2D eigenvalue weighted by Crippen LogP contribution is 2.13.